The third-order valence-electron chi connectivity index (χ3n) is 2.70. The molecule has 1 atom stereocenters. The number of methoxy groups -OCH3 is 1. The molecule has 6 heteroatoms. The fourth-order valence-electron chi connectivity index (χ4n) is 1.61. The number of benzene rings is 1. The molecule has 5 nitrogen and oxygen atoms in total. The molecule has 0 saturated heterocycles. The van der Waals surface area contributed by atoms with Gasteiger partial charge in [0, 0.05) is 16.7 Å². The Morgan fingerprint density at radius 2 is 2.05 bits per heavy atom. The molecule has 0 bridgehead atoms. The summed E-state index contributed by atoms with van der Waals surface area (Å²) >= 11 is 3.29. The highest BCUT2D eigenvalue weighted by molar-refractivity contribution is 9.10. The summed E-state index contributed by atoms with van der Waals surface area (Å²) in [6.45, 7) is 1.67. The van der Waals surface area contributed by atoms with Gasteiger partial charge in [-0.3, -0.25) is 4.79 Å². The lowest BCUT2D eigenvalue weighted by molar-refractivity contribution is -0.122. The normalized spacial score (nSPS) is 11.6. The fraction of sp³-hybridized carbons (Fsp3) is 0.200. The van der Waals surface area contributed by atoms with E-state index >= 15 is 0 Å². The van der Waals surface area contributed by atoms with E-state index in [1.807, 2.05) is 6.07 Å². The molecule has 0 radical (unpaired) electrons. The van der Waals surface area contributed by atoms with Crippen molar-refractivity contribution in [3.63, 3.8) is 0 Å². The Bertz CT molecular complexity index is 617. The topological polar surface area (TPSA) is 60.5 Å². The molecule has 1 N–H and O–H groups in total. The zero-order valence-electron chi connectivity index (χ0n) is 11.7. The summed E-state index contributed by atoms with van der Waals surface area (Å²) in [5.74, 6) is 1.45. The van der Waals surface area contributed by atoms with Crippen molar-refractivity contribution < 1.29 is 14.3 Å². The van der Waals surface area contributed by atoms with Crippen LogP contribution >= 0.6 is 15.9 Å². The average molecular weight is 351 g/mol. The molecule has 2 rings (SSSR count). The molecule has 1 aromatic carbocycles. The molecule has 1 amide bonds. The van der Waals surface area contributed by atoms with Crippen LogP contribution in [0.2, 0.25) is 0 Å². The minimum Gasteiger partial charge on any atom is -0.497 e. The van der Waals surface area contributed by atoms with Crippen molar-refractivity contribution in [2.45, 2.75) is 13.0 Å². The van der Waals surface area contributed by atoms with Gasteiger partial charge in [-0.05, 0) is 47.1 Å². The molecule has 0 aliphatic rings. The number of amides is 1. The van der Waals surface area contributed by atoms with E-state index in [1.54, 1.807) is 50.6 Å². The van der Waals surface area contributed by atoms with E-state index < -0.39 is 6.10 Å². The van der Waals surface area contributed by atoms with E-state index in [0.29, 0.717) is 17.3 Å². The maximum Gasteiger partial charge on any atom is 0.266 e. The smallest absolute Gasteiger partial charge is 0.266 e. The maximum absolute atomic E-state index is 12.0. The molecule has 0 saturated carbocycles. The van der Waals surface area contributed by atoms with Crippen LogP contribution in [0.1, 0.15) is 6.92 Å². The zero-order valence-corrected chi connectivity index (χ0v) is 13.3. The standard InChI is InChI=1S/C15H15BrN2O3/c1-10(21-13-5-3-4-12(8-13)20-2)15(19)18-14-7-6-11(16)9-17-14/h3-10H,1-2H3,(H,17,18,19). The highest BCUT2D eigenvalue weighted by Gasteiger charge is 2.15. The van der Waals surface area contributed by atoms with Gasteiger partial charge in [0.2, 0.25) is 0 Å². The highest BCUT2D eigenvalue weighted by atomic mass is 79.9. The van der Waals surface area contributed by atoms with Gasteiger partial charge in [0.15, 0.2) is 6.10 Å². The zero-order chi connectivity index (χ0) is 15.2. The van der Waals surface area contributed by atoms with Crippen LogP contribution < -0.4 is 14.8 Å². The number of hydrogen-bond donors (Lipinski definition) is 1. The lowest BCUT2D eigenvalue weighted by atomic mass is 10.3. The lowest BCUT2D eigenvalue weighted by Gasteiger charge is -2.14. The largest absolute Gasteiger partial charge is 0.497 e. The van der Waals surface area contributed by atoms with Crippen LogP contribution in [-0.2, 0) is 4.79 Å². The Labute approximate surface area is 131 Å². The number of rotatable bonds is 5. The summed E-state index contributed by atoms with van der Waals surface area (Å²) < 4.78 is 11.5. The van der Waals surface area contributed by atoms with Crippen LogP contribution in [0, 0.1) is 0 Å². The van der Waals surface area contributed by atoms with Gasteiger partial charge in [0.1, 0.15) is 17.3 Å². The van der Waals surface area contributed by atoms with Gasteiger partial charge in [-0.2, -0.15) is 0 Å². The molecular formula is C15H15BrN2O3. The van der Waals surface area contributed by atoms with E-state index in [1.165, 1.54) is 0 Å². The van der Waals surface area contributed by atoms with Gasteiger partial charge >= 0.3 is 0 Å². The Hall–Kier alpha value is -2.08. The second kappa shape index (κ2) is 7.08. The second-order valence-electron chi connectivity index (χ2n) is 4.29. The van der Waals surface area contributed by atoms with Gasteiger partial charge in [-0.15, -0.1) is 0 Å². The van der Waals surface area contributed by atoms with Crippen LogP contribution in [0.15, 0.2) is 47.1 Å². The van der Waals surface area contributed by atoms with E-state index in [9.17, 15) is 4.79 Å². The lowest BCUT2D eigenvalue weighted by Crippen LogP contribution is -2.30. The number of halogens is 1. The third-order valence-corrected chi connectivity index (χ3v) is 3.17. The van der Waals surface area contributed by atoms with Crippen molar-refractivity contribution >= 4 is 27.7 Å². The molecular weight excluding hydrogens is 336 g/mol. The fourth-order valence-corrected chi connectivity index (χ4v) is 1.84. The van der Waals surface area contributed by atoms with Crippen LogP contribution in [-0.4, -0.2) is 24.1 Å². The quantitative estimate of drug-likeness (QED) is 0.898. The predicted octanol–water partition coefficient (Wildman–Crippen LogP) is 3.26. The number of ether oxygens (including phenoxy) is 2. The van der Waals surface area contributed by atoms with Gasteiger partial charge in [0.25, 0.3) is 5.91 Å². The summed E-state index contributed by atoms with van der Waals surface area (Å²) in [4.78, 5) is 16.1. The van der Waals surface area contributed by atoms with Crippen LogP contribution in [0.5, 0.6) is 11.5 Å². The predicted molar refractivity (Wildman–Crippen MR) is 83.7 cm³/mol. The van der Waals surface area contributed by atoms with Crippen molar-refractivity contribution in [2.75, 3.05) is 12.4 Å². The molecule has 1 unspecified atom stereocenters. The molecule has 21 heavy (non-hydrogen) atoms. The molecule has 2 aromatic rings. The van der Waals surface area contributed by atoms with Gasteiger partial charge in [0.05, 0.1) is 7.11 Å². The molecule has 0 spiro atoms. The minimum absolute atomic E-state index is 0.271. The SMILES string of the molecule is COc1cccc(OC(C)C(=O)Nc2ccc(Br)cn2)c1. The van der Waals surface area contributed by atoms with Gasteiger partial charge in [-0.1, -0.05) is 6.07 Å². The highest BCUT2D eigenvalue weighted by Crippen LogP contribution is 2.20. The Morgan fingerprint density at radius 3 is 2.71 bits per heavy atom. The minimum atomic E-state index is -0.650. The number of aromatic nitrogens is 1. The van der Waals surface area contributed by atoms with E-state index in [4.69, 9.17) is 9.47 Å². The van der Waals surface area contributed by atoms with Crippen LogP contribution in [0.25, 0.3) is 0 Å². The first-order valence-electron chi connectivity index (χ1n) is 6.31. The summed E-state index contributed by atoms with van der Waals surface area (Å²) in [6, 6.07) is 10.6. The first-order valence-corrected chi connectivity index (χ1v) is 7.11. The molecule has 0 fully saturated rings. The van der Waals surface area contributed by atoms with Crippen molar-refractivity contribution in [1.82, 2.24) is 4.98 Å². The average Bonchev–Trinajstić information content (AvgIpc) is 2.49. The third kappa shape index (κ3) is 4.46. The van der Waals surface area contributed by atoms with Gasteiger partial charge < -0.3 is 14.8 Å². The van der Waals surface area contributed by atoms with Gasteiger partial charge in [-0.25, -0.2) is 4.98 Å². The first-order chi connectivity index (χ1) is 10.1. The number of nitrogens with zero attached hydrogens (tertiary/aromatic N) is 1. The van der Waals surface area contributed by atoms with Crippen molar-refractivity contribution in [3.05, 3.63) is 47.1 Å². The van der Waals surface area contributed by atoms with Crippen molar-refractivity contribution in [1.29, 1.82) is 0 Å². The van der Waals surface area contributed by atoms with Crippen molar-refractivity contribution in [2.24, 2.45) is 0 Å². The molecule has 110 valence electrons. The van der Waals surface area contributed by atoms with E-state index in [0.717, 1.165) is 4.47 Å². The number of pyridine rings is 1. The molecule has 1 heterocycles. The van der Waals surface area contributed by atoms with Crippen LogP contribution in [0.4, 0.5) is 5.82 Å². The summed E-state index contributed by atoms with van der Waals surface area (Å²) in [7, 11) is 1.58. The summed E-state index contributed by atoms with van der Waals surface area (Å²) in [5.41, 5.74) is 0. The summed E-state index contributed by atoms with van der Waals surface area (Å²) in [5, 5.41) is 2.69. The number of nitrogens with one attached hydrogen (secondary N) is 1. The Morgan fingerprint density at radius 1 is 1.29 bits per heavy atom. The molecule has 0 aliphatic heterocycles. The Kier molecular flexibility index (Phi) is 5.16. The number of anilines is 1. The molecule has 1 aromatic heterocycles. The van der Waals surface area contributed by atoms with Crippen LogP contribution in [0.3, 0.4) is 0 Å². The van der Waals surface area contributed by atoms with Crippen molar-refractivity contribution in [3.8, 4) is 11.5 Å². The monoisotopic (exact) mass is 350 g/mol. The Balaban J connectivity index is 1.97. The number of hydrogen-bond acceptors (Lipinski definition) is 4. The number of carbonyl (C=O) groups excluding carboxylic acids is 1. The molecule has 0 aliphatic carbocycles. The number of carbonyl (C=O) groups is 1. The summed E-state index contributed by atoms with van der Waals surface area (Å²) in [6.07, 6.45) is 0.964. The second-order valence-corrected chi connectivity index (χ2v) is 5.21. The van der Waals surface area contributed by atoms with E-state index in [-0.39, 0.29) is 5.91 Å². The van der Waals surface area contributed by atoms with E-state index in [2.05, 4.69) is 26.2 Å². The maximum atomic E-state index is 12.0. The first kappa shape index (κ1) is 15.3.